The average molecular weight is 334 g/mol. The van der Waals surface area contributed by atoms with E-state index in [1.165, 1.54) is 38.5 Å². The Bertz CT molecular complexity index is 589. The Balaban J connectivity index is 1.89. The highest BCUT2D eigenvalue weighted by Gasteiger charge is 2.18. The molecule has 0 aliphatic heterocycles. The Morgan fingerprint density at radius 3 is 2.46 bits per heavy atom. The van der Waals surface area contributed by atoms with Crippen molar-refractivity contribution in [3.05, 3.63) is 27.2 Å². The van der Waals surface area contributed by atoms with Crippen LogP contribution in [0.5, 0.6) is 0 Å². The third-order valence-corrected chi connectivity index (χ3v) is 4.78. The maximum atomic E-state index is 12.4. The number of aromatic nitrogens is 2. The molecule has 0 atom stereocenters. The fourth-order valence-corrected chi connectivity index (χ4v) is 3.46. The minimum atomic E-state index is -0.404. The third-order valence-electron chi connectivity index (χ3n) is 4.78. The molecule has 3 N–H and O–H groups in total. The van der Waals surface area contributed by atoms with Crippen molar-refractivity contribution < 1.29 is 4.79 Å². The Labute approximate surface area is 143 Å². The largest absolute Gasteiger partial charge is 0.351 e. The number of carbonyl (C=O) groups excluding carboxylic acids is 1. The number of carbonyl (C=O) groups is 1. The second-order valence-electron chi connectivity index (χ2n) is 6.46. The zero-order valence-electron chi connectivity index (χ0n) is 14.9. The lowest BCUT2D eigenvalue weighted by Gasteiger charge is -2.16. The van der Waals surface area contributed by atoms with Crippen LogP contribution in [-0.4, -0.2) is 35.2 Å². The molecule has 0 aromatic carbocycles. The molecule has 1 aromatic rings. The second-order valence-corrected chi connectivity index (χ2v) is 6.46. The number of amides is 1. The lowest BCUT2D eigenvalue weighted by molar-refractivity contribution is 0.0950. The Hall–Kier alpha value is -1.69. The van der Waals surface area contributed by atoms with Gasteiger partial charge in [0.05, 0.1) is 5.69 Å². The van der Waals surface area contributed by atoms with E-state index in [-0.39, 0.29) is 11.5 Å². The van der Waals surface area contributed by atoms with E-state index in [4.69, 9.17) is 0 Å². The van der Waals surface area contributed by atoms with Gasteiger partial charge in [-0.1, -0.05) is 39.5 Å². The summed E-state index contributed by atoms with van der Waals surface area (Å²) in [5.41, 5.74) is 1.37. The van der Waals surface area contributed by atoms with Crippen molar-refractivity contribution >= 4 is 5.91 Å². The smallest absolute Gasteiger partial charge is 0.277 e. The number of nitrogens with one attached hydrogen (secondary N) is 3. The number of nitrogens with zero attached hydrogens (tertiary/aromatic N) is 1. The van der Waals surface area contributed by atoms with Gasteiger partial charge >= 0.3 is 0 Å². The quantitative estimate of drug-likeness (QED) is 0.525. The number of hydrogen-bond acceptors (Lipinski definition) is 4. The van der Waals surface area contributed by atoms with Crippen LogP contribution in [0.3, 0.4) is 0 Å². The maximum Gasteiger partial charge on any atom is 0.277 e. The standard InChI is InChI=1S/C18H30N4O2/c1-3-14-15(4-2)21-22-18(24)16(14)17(23)20-12-11-19-13-9-7-5-6-8-10-13/h13,19H,3-12H2,1-2H3,(H,20,23)(H,22,24). The van der Waals surface area contributed by atoms with Crippen LogP contribution in [0, 0.1) is 0 Å². The van der Waals surface area contributed by atoms with Crippen LogP contribution in [0.1, 0.15) is 74.0 Å². The predicted octanol–water partition coefficient (Wildman–Crippen LogP) is 1.94. The topological polar surface area (TPSA) is 86.9 Å². The molecule has 0 saturated heterocycles. The molecule has 2 rings (SSSR count). The monoisotopic (exact) mass is 334 g/mol. The molecule has 1 aliphatic carbocycles. The summed E-state index contributed by atoms with van der Waals surface area (Å²) in [5.74, 6) is -0.298. The SMILES string of the molecule is CCc1n[nH]c(=O)c(C(=O)NCCNC2CCCCCC2)c1CC. The summed E-state index contributed by atoms with van der Waals surface area (Å²) in [6, 6.07) is 0.562. The molecule has 6 nitrogen and oxygen atoms in total. The van der Waals surface area contributed by atoms with E-state index in [0.717, 1.165) is 17.8 Å². The first-order chi connectivity index (χ1) is 11.7. The first-order valence-corrected chi connectivity index (χ1v) is 9.29. The lowest BCUT2D eigenvalue weighted by Crippen LogP contribution is -2.39. The Morgan fingerprint density at radius 2 is 1.83 bits per heavy atom. The van der Waals surface area contributed by atoms with Crippen molar-refractivity contribution in [1.29, 1.82) is 0 Å². The van der Waals surface area contributed by atoms with Gasteiger partial charge in [-0.25, -0.2) is 5.10 Å². The van der Waals surface area contributed by atoms with Crippen LogP contribution in [0.25, 0.3) is 0 Å². The van der Waals surface area contributed by atoms with Crippen molar-refractivity contribution in [3.8, 4) is 0 Å². The number of aromatic amines is 1. The average Bonchev–Trinajstić information content (AvgIpc) is 2.86. The predicted molar refractivity (Wildman–Crippen MR) is 95.4 cm³/mol. The number of H-pyrrole nitrogens is 1. The summed E-state index contributed by atoms with van der Waals surface area (Å²) in [6.07, 6.45) is 9.01. The van der Waals surface area contributed by atoms with Gasteiger partial charge in [-0.15, -0.1) is 0 Å². The van der Waals surface area contributed by atoms with Crippen LogP contribution in [0.4, 0.5) is 0 Å². The minimum absolute atomic E-state index is 0.221. The van der Waals surface area contributed by atoms with E-state index in [0.29, 0.717) is 25.4 Å². The number of rotatable bonds is 7. The van der Waals surface area contributed by atoms with Crippen LogP contribution in [0.2, 0.25) is 0 Å². The molecule has 1 aromatic heterocycles. The highest BCUT2D eigenvalue weighted by Crippen LogP contribution is 2.16. The molecule has 1 fully saturated rings. The fourth-order valence-electron chi connectivity index (χ4n) is 3.46. The van der Waals surface area contributed by atoms with Gasteiger partial charge in [-0.05, 0) is 31.2 Å². The molecule has 1 heterocycles. The fraction of sp³-hybridized carbons (Fsp3) is 0.722. The zero-order chi connectivity index (χ0) is 17.4. The highest BCUT2D eigenvalue weighted by atomic mass is 16.2. The summed E-state index contributed by atoms with van der Waals surface area (Å²) < 4.78 is 0. The van der Waals surface area contributed by atoms with Gasteiger partial charge in [0.15, 0.2) is 0 Å². The normalized spacial score (nSPS) is 15.9. The minimum Gasteiger partial charge on any atom is -0.351 e. The maximum absolute atomic E-state index is 12.4. The Morgan fingerprint density at radius 1 is 1.12 bits per heavy atom. The zero-order valence-corrected chi connectivity index (χ0v) is 14.9. The first kappa shape index (κ1) is 18.6. The summed E-state index contributed by atoms with van der Waals surface area (Å²) in [7, 11) is 0. The van der Waals surface area contributed by atoms with Crippen LogP contribution < -0.4 is 16.2 Å². The first-order valence-electron chi connectivity index (χ1n) is 9.29. The van der Waals surface area contributed by atoms with E-state index < -0.39 is 5.56 Å². The summed E-state index contributed by atoms with van der Waals surface area (Å²) in [4.78, 5) is 24.5. The van der Waals surface area contributed by atoms with E-state index in [2.05, 4.69) is 20.8 Å². The molecular formula is C18H30N4O2. The van der Waals surface area contributed by atoms with Gasteiger partial charge < -0.3 is 10.6 Å². The second kappa shape index (κ2) is 9.57. The molecule has 1 aliphatic rings. The van der Waals surface area contributed by atoms with Crippen LogP contribution in [-0.2, 0) is 12.8 Å². The summed E-state index contributed by atoms with van der Waals surface area (Å²) in [6.45, 7) is 5.18. The summed E-state index contributed by atoms with van der Waals surface area (Å²) >= 11 is 0. The molecule has 1 amide bonds. The van der Waals surface area contributed by atoms with Crippen molar-refractivity contribution in [2.24, 2.45) is 0 Å². The van der Waals surface area contributed by atoms with Gasteiger partial charge in [0.2, 0.25) is 0 Å². The van der Waals surface area contributed by atoms with Gasteiger partial charge in [-0.2, -0.15) is 5.10 Å². The van der Waals surface area contributed by atoms with E-state index >= 15 is 0 Å². The van der Waals surface area contributed by atoms with Gasteiger partial charge in [0.25, 0.3) is 11.5 Å². The van der Waals surface area contributed by atoms with Gasteiger partial charge in [0.1, 0.15) is 5.56 Å². The molecule has 1 saturated carbocycles. The molecule has 6 heteroatoms. The van der Waals surface area contributed by atoms with Crippen LogP contribution in [0.15, 0.2) is 4.79 Å². The molecule has 0 unspecified atom stereocenters. The summed E-state index contributed by atoms with van der Waals surface area (Å²) in [5, 5.41) is 12.9. The number of hydrogen-bond donors (Lipinski definition) is 3. The molecular weight excluding hydrogens is 304 g/mol. The Kier molecular flexibility index (Phi) is 7.43. The molecule has 0 bridgehead atoms. The van der Waals surface area contributed by atoms with E-state index in [1.54, 1.807) is 0 Å². The highest BCUT2D eigenvalue weighted by molar-refractivity contribution is 5.95. The van der Waals surface area contributed by atoms with Crippen molar-refractivity contribution in [1.82, 2.24) is 20.8 Å². The van der Waals surface area contributed by atoms with Crippen molar-refractivity contribution in [2.45, 2.75) is 71.3 Å². The van der Waals surface area contributed by atoms with Gasteiger partial charge in [0, 0.05) is 19.1 Å². The molecule has 0 radical (unpaired) electrons. The van der Waals surface area contributed by atoms with Crippen molar-refractivity contribution in [2.75, 3.05) is 13.1 Å². The van der Waals surface area contributed by atoms with Crippen LogP contribution >= 0.6 is 0 Å². The van der Waals surface area contributed by atoms with Gasteiger partial charge in [-0.3, -0.25) is 9.59 Å². The van der Waals surface area contributed by atoms with Crippen molar-refractivity contribution in [3.63, 3.8) is 0 Å². The third kappa shape index (κ3) is 4.90. The number of aryl methyl sites for hydroxylation is 1. The van der Waals surface area contributed by atoms with E-state index in [9.17, 15) is 9.59 Å². The van der Waals surface area contributed by atoms with E-state index in [1.807, 2.05) is 13.8 Å². The molecule has 0 spiro atoms. The lowest BCUT2D eigenvalue weighted by atomic mass is 10.0. The molecule has 134 valence electrons. The molecule has 24 heavy (non-hydrogen) atoms.